The molecule has 0 fully saturated rings. The van der Waals surface area contributed by atoms with Gasteiger partial charge in [-0.2, -0.15) is 0 Å². The Bertz CT molecular complexity index is 551. The first-order valence-corrected chi connectivity index (χ1v) is 6.64. The van der Waals surface area contributed by atoms with Crippen LogP contribution in [-0.4, -0.2) is 38.1 Å². The summed E-state index contributed by atoms with van der Waals surface area (Å²) < 4.78 is 10.3. The first kappa shape index (κ1) is 17.1. The van der Waals surface area contributed by atoms with E-state index in [-0.39, 0.29) is 16.8 Å². The van der Waals surface area contributed by atoms with Gasteiger partial charge in [0.1, 0.15) is 18.1 Å². The van der Waals surface area contributed by atoms with Gasteiger partial charge in [-0.3, -0.25) is 4.79 Å². The van der Waals surface area contributed by atoms with Crippen LogP contribution in [-0.2, 0) is 4.74 Å². The number of hydrogen-bond acceptors (Lipinski definition) is 4. The highest BCUT2D eigenvalue weighted by Gasteiger charge is 2.11. The van der Waals surface area contributed by atoms with E-state index in [1.165, 1.54) is 0 Å². The Morgan fingerprint density at radius 1 is 1.33 bits per heavy atom. The molecule has 0 spiro atoms. The highest BCUT2D eigenvalue weighted by atomic mass is 35.5. The zero-order valence-corrected chi connectivity index (χ0v) is 12.8. The minimum atomic E-state index is -0.247. The highest BCUT2D eigenvalue weighted by molar-refractivity contribution is 6.65. The van der Waals surface area contributed by atoms with Gasteiger partial charge in [0.25, 0.3) is 0 Å². The number of nitrogens with zero attached hydrogens (tertiary/aromatic N) is 2. The lowest BCUT2D eigenvalue weighted by Gasteiger charge is -2.06. The molecule has 5 nitrogen and oxygen atoms in total. The summed E-state index contributed by atoms with van der Waals surface area (Å²) in [7, 11) is 1.60. The van der Waals surface area contributed by atoms with E-state index in [0.717, 1.165) is 0 Å². The van der Waals surface area contributed by atoms with Crippen LogP contribution in [0.2, 0.25) is 0 Å². The van der Waals surface area contributed by atoms with Gasteiger partial charge in [0.2, 0.25) is 11.1 Å². The SMILES string of the molecule is C=N/C(Cl)=N\C(=C/C)C(=O)c1ccc(OCCOC)cc1. The van der Waals surface area contributed by atoms with E-state index >= 15 is 0 Å². The summed E-state index contributed by atoms with van der Waals surface area (Å²) in [5.41, 5.74) is 0.694. The Hall–Kier alpha value is -1.98. The number of benzene rings is 1. The molecule has 1 aromatic rings. The van der Waals surface area contributed by atoms with Crippen LogP contribution in [0.4, 0.5) is 0 Å². The summed E-state index contributed by atoms with van der Waals surface area (Å²) in [6.45, 7) is 5.91. The van der Waals surface area contributed by atoms with E-state index in [2.05, 4.69) is 16.7 Å². The molecule has 6 heteroatoms. The van der Waals surface area contributed by atoms with Crippen LogP contribution in [0.25, 0.3) is 0 Å². The smallest absolute Gasteiger partial charge is 0.222 e. The Labute approximate surface area is 129 Å². The molecule has 112 valence electrons. The van der Waals surface area contributed by atoms with E-state index < -0.39 is 0 Å². The number of allylic oxidation sites excluding steroid dienone is 2. The molecule has 1 aromatic carbocycles. The van der Waals surface area contributed by atoms with Crippen molar-refractivity contribution in [1.82, 2.24) is 0 Å². The van der Waals surface area contributed by atoms with Crippen molar-refractivity contribution in [1.29, 1.82) is 0 Å². The molecule has 0 aromatic heterocycles. The number of hydrogen-bond donors (Lipinski definition) is 0. The third-order valence-corrected chi connectivity index (χ3v) is 2.73. The van der Waals surface area contributed by atoms with Crippen molar-refractivity contribution in [2.75, 3.05) is 20.3 Å². The maximum Gasteiger partial charge on any atom is 0.222 e. The van der Waals surface area contributed by atoms with Gasteiger partial charge in [-0.15, -0.1) is 0 Å². The van der Waals surface area contributed by atoms with Crippen LogP contribution in [0.1, 0.15) is 17.3 Å². The number of ketones is 1. The lowest BCUT2D eigenvalue weighted by molar-refractivity contribution is 0.103. The van der Waals surface area contributed by atoms with Gasteiger partial charge in [0, 0.05) is 12.7 Å². The predicted molar refractivity (Wildman–Crippen MR) is 84.7 cm³/mol. The maximum atomic E-state index is 12.2. The van der Waals surface area contributed by atoms with Crippen molar-refractivity contribution in [3.63, 3.8) is 0 Å². The fourth-order valence-electron chi connectivity index (χ4n) is 1.47. The molecular weight excluding hydrogens is 292 g/mol. The summed E-state index contributed by atoms with van der Waals surface area (Å²) in [5, 5.41) is -0.0732. The standard InChI is InChI=1S/C15H17ClN2O3/c1-4-13(18-15(16)17-2)14(19)11-5-7-12(8-6-11)21-10-9-20-3/h4-8H,2,9-10H2,1,3H3/b13-4-,18-15-. The van der Waals surface area contributed by atoms with Gasteiger partial charge >= 0.3 is 0 Å². The number of Topliss-reactive ketones (excluding diaryl/α,β-unsaturated/α-hetero) is 1. The summed E-state index contributed by atoms with van der Waals surface area (Å²) in [4.78, 5) is 19.6. The molecule has 0 atom stereocenters. The second-order valence-corrected chi connectivity index (χ2v) is 4.25. The number of carbonyl (C=O) groups is 1. The summed E-state index contributed by atoms with van der Waals surface area (Å²) >= 11 is 5.66. The molecule has 0 saturated heterocycles. The van der Waals surface area contributed by atoms with Gasteiger partial charge < -0.3 is 9.47 Å². The third kappa shape index (κ3) is 5.49. The largest absolute Gasteiger partial charge is 0.491 e. The van der Waals surface area contributed by atoms with Crippen LogP contribution in [0, 0.1) is 0 Å². The molecular formula is C15H17ClN2O3. The third-order valence-electron chi connectivity index (χ3n) is 2.52. The van der Waals surface area contributed by atoms with Crippen LogP contribution >= 0.6 is 11.6 Å². The van der Waals surface area contributed by atoms with Crippen molar-refractivity contribution < 1.29 is 14.3 Å². The fourth-order valence-corrected chi connectivity index (χ4v) is 1.57. The Morgan fingerprint density at radius 2 is 2.00 bits per heavy atom. The number of carbonyl (C=O) groups excluding carboxylic acids is 1. The number of methoxy groups -OCH3 is 1. The Kier molecular flexibility index (Phi) is 7.36. The Balaban J connectivity index is 2.81. The quantitative estimate of drug-likeness (QED) is 0.194. The van der Waals surface area contributed by atoms with E-state index in [4.69, 9.17) is 21.1 Å². The molecule has 0 saturated carbocycles. The number of halogens is 1. The second kappa shape index (κ2) is 9.05. The summed E-state index contributed by atoms with van der Waals surface area (Å²) in [6.07, 6.45) is 1.57. The first-order chi connectivity index (χ1) is 10.1. The zero-order valence-electron chi connectivity index (χ0n) is 12.0. The molecule has 0 unspecified atom stereocenters. The van der Waals surface area contributed by atoms with Crippen molar-refractivity contribution in [3.05, 3.63) is 41.6 Å². The normalized spacial score (nSPS) is 12.1. The molecule has 0 N–H and O–H groups in total. The lowest BCUT2D eigenvalue weighted by Crippen LogP contribution is -2.05. The number of aliphatic imine (C=N–C) groups is 2. The molecule has 0 aliphatic rings. The second-order valence-electron chi connectivity index (χ2n) is 3.91. The van der Waals surface area contributed by atoms with Crippen molar-refractivity contribution >= 4 is 29.4 Å². The molecule has 0 amide bonds. The average Bonchev–Trinajstić information content (AvgIpc) is 2.52. The molecule has 0 aliphatic heterocycles. The molecule has 0 bridgehead atoms. The van der Waals surface area contributed by atoms with E-state index in [9.17, 15) is 4.79 Å². The minimum Gasteiger partial charge on any atom is -0.491 e. The topological polar surface area (TPSA) is 60.2 Å². The van der Waals surface area contributed by atoms with Crippen LogP contribution < -0.4 is 4.74 Å². The first-order valence-electron chi connectivity index (χ1n) is 6.26. The van der Waals surface area contributed by atoms with Gasteiger partial charge in [-0.25, -0.2) is 9.98 Å². The molecule has 0 heterocycles. The van der Waals surface area contributed by atoms with Crippen LogP contribution in [0.5, 0.6) is 5.75 Å². The van der Waals surface area contributed by atoms with Crippen molar-refractivity contribution in [3.8, 4) is 5.75 Å². The van der Waals surface area contributed by atoms with E-state index in [1.54, 1.807) is 44.4 Å². The highest BCUT2D eigenvalue weighted by Crippen LogP contribution is 2.16. The fraction of sp³-hybridized carbons (Fsp3) is 0.267. The van der Waals surface area contributed by atoms with Gasteiger partial charge in [0.05, 0.1) is 6.61 Å². The summed E-state index contributed by atoms with van der Waals surface area (Å²) in [6, 6.07) is 6.76. The van der Waals surface area contributed by atoms with E-state index in [1.807, 2.05) is 0 Å². The van der Waals surface area contributed by atoms with Gasteiger partial charge in [-0.05, 0) is 49.5 Å². The number of rotatable bonds is 7. The van der Waals surface area contributed by atoms with Gasteiger partial charge in [-0.1, -0.05) is 6.08 Å². The molecule has 0 aliphatic carbocycles. The minimum absolute atomic E-state index is 0.0732. The monoisotopic (exact) mass is 308 g/mol. The van der Waals surface area contributed by atoms with E-state index in [0.29, 0.717) is 24.5 Å². The van der Waals surface area contributed by atoms with Gasteiger partial charge in [0.15, 0.2) is 0 Å². The molecule has 21 heavy (non-hydrogen) atoms. The zero-order chi connectivity index (χ0) is 15.7. The van der Waals surface area contributed by atoms with Crippen molar-refractivity contribution in [2.24, 2.45) is 9.98 Å². The predicted octanol–water partition coefficient (Wildman–Crippen LogP) is 3.09. The Morgan fingerprint density at radius 3 is 2.52 bits per heavy atom. The van der Waals surface area contributed by atoms with Crippen LogP contribution in [0.3, 0.4) is 0 Å². The molecule has 0 radical (unpaired) electrons. The van der Waals surface area contributed by atoms with Crippen molar-refractivity contribution in [2.45, 2.75) is 6.92 Å². The lowest BCUT2D eigenvalue weighted by atomic mass is 10.1. The van der Waals surface area contributed by atoms with Crippen LogP contribution in [0.15, 0.2) is 46.0 Å². The molecule has 1 rings (SSSR count). The number of ether oxygens (including phenoxy) is 2. The maximum absolute atomic E-state index is 12.2. The average molecular weight is 309 g/mol. The summed E-state index contributed by atoms with van der Waals surface area (Å²) in [5.74, 6) is 0.419. The number of amidine groups is 1.